The van der Waals surface area contributed by atoms with E-state index in [0.29, 0.717) is 0 Å². The van der Waals surface area contributed by atoms with Gasteiger partial charge in [0, 0.05) is 6.42 Å². The minimum absolute atomic E-state index is 0. The fraction of sp³-hybridized carbons (Fsp3) is 0.833. The highest BCUT2D eigenvalue weighted by Gasteiger charge is 2.21. The molecule has 0 unspecified atom stereocenters. The van der Waals surface area contributed by atoms with Crippen molar-refractivity contribution < 1.29 is 38.4 Å². The van der Waals surface area contributed by atoms with Gasteiger partial charge < -0.3 is 38.4 Å². The summed E-state index contributed by atoms with van der Waals surface area (Å²) in [6.45, 7) is 16.0. The van der Waals surface area contributed by atoms with Crippen LogP contribution in [0.3, 0.4) is 0 Å². The smallest absolute Gasteiger partial charge is 0.0971 e. The van der Waals surface area contributed by atoms with Crippen molar-refractivity contribution in [2.45, 2.75) is 77.6 Å². The third-order valence-corrected chi connectivity index (χ3v) is 5.72. The van der Waals surface area contributed by atoms with Crippen molar-refractivity contribution in [3.63, 3.8) is 0 Å². The third-order valence-electron chi connectivity index (χ3n) is 5.72. The SMILES string of the molecule is C=CC[N+](C)(CC=C)CCC[N+](C)(C)CCCCCCCCCCCC.[Br-].[Cl-]. The maximum absolute atomic E-state index is 3.92. The number of quaternary nitrogens is 2. The van der Waals surface area contributed by atoms with Crippen LogP contribution in [0.4, 0.5) is 0 Å². The second kappa shape index (κ2) is 20.4. The van der Waals surface area contributed by atoms with Crippen LogP contribution in [0.1, 0.15) is 77.6 Å². The predicted molar refractivity (Wildman–Crippen MR) is 119 cm³/mol. The van der Waals surface area contributed by atoms with Crippen molar-refractivity contribution in [3.8, 4) is 0 Å². The Morgan fingerprint density at radius 2 is 1.00 bits per heavy atom. The van der Waals surface area contributed by atoms with Gasteiger partial charge in [-0.15, -0.1) is 0 Å². The van der Waals surface area contributed by atoms with Crippen molar-refractivity contribution in [3.05, 3.63) is 25.3 Å². The van der Waals surface area contributed by atoms with Gasteiger partial charge in [0.2, 0.25) is 0 Å². The first kappa shape index (κ1) is 32.8. The summed E-state index contributed by atoms with van der Waals surface area (Å²) < 4.78 is 2.21. The fourth-order valence-corrected chi connectivity index (χ4v) is 3.90. The molecular weight excluding hydrogens is 432 g/mol. The molecule has 0 aliphatic carbocycles. The molecule has 0 fully saturated rings. The standard InChI is InChI=1S/C24H50N2.BrH.ClH/c1-7-10-11-12-13-14-15-16-17-18-22-25(4,5)23-19-24-26(6,20-8-2)21-9-3;;/h8-9H,2-3,7,10-24H2,1,4-6H3;2*1H/q+2;;/p-2. The van der Waals surface area contributed by atoms with Crippen molar-refractivity contribution >= 4 is 0 Å². The van der Waals surface area contributed by atoms with Crippen LogP contribution in [0.5, 0.6) is 0 Å². The van der Waals surface area contributed by atoms with Crippen LogP contribution in [0.15, 0.2) is 25.3 Å². The van der Waals surface area contributed by atoms with Crippen LogP contribution >= 0.6 is 0 Å². The second-order valence-electron chi connectivity index (χ2n) is 9.20. The van der Waals surface area contributed by atoms with Gasteiger partial charge in [-0.1, -0.05) is 71.4 Å². The summed E-state index contributed by atoms with van der Waals surface area (Å²) in [6, 6.07) is 0. The summed E-state index contributed by atoms with van der Waals surface area (Å²) in [5.74, 6) is 0. The molecule has 0 saturated carbocycles. The minimum atomic E-state index is 0. The molecule has 0 aromatic rings. The maximum atomic E-state index is 3.92. The first-order valence-corrected chi connectivity index (χ1v) is 11.3. The van der Waals surface area contributed by atoms with Gasteiger partial charge in [-0.2, -0.15) is 0 Å². The summed E-state index contributed by atoms with van der Waals surface area (Å²) in [6.07, 6.45) is 19.6. The molecule has 2 nitrogen and oxygen atoms in total. The fourth-order valence-electron chi connectivity index (χ4n) is 3.90. The van der Waals surface area contributed by atoms with Crippen LogP contribution in [-0.2, 0) is 0 Å². The third kappa shape index (κ3) is 19.5. The lowest BCUT2D eigenvalue weighted by Crippen LogP contribution is -3.00. The first-order valence-electron chi connectivity index (χ1n) is 11.3. The van der Waals surface area contributed by atoms with Crippen LogP contribution in [0, 0.1) is 0 Å². The molecule has 0 N–H and O–H groups in total. The normalized spacial score (nSPS) is 11.4. The zero-order chi connectivity index (χ0) is 19.7. The Bertz CT molecular complexity index is 349. The number of likely N-dealkylation sites (N-methyl/N-ethyl adjacent to an activating group) is 1. The van der Waals surface area contributed by atoms with E-state index in [4.69, 9.17) is 0 Å². The highest BCUT2D eigenvalue weighted by Crippen LogP contribution is 2.13. The number of unbranched alkanes of at least 4 members (excludes halogenated alkanes) is 9. The Balaban J connectivity index is -0.00000312. The van der Waals surface area contributed by atoms with E-state index in [2.05, 4.69) is 41.2 Å². The van der Waals surface area contributed by atoms with E-state index in [-0.39, 0.29) is 29.4 Å². The van der Waals surface area contributed by atoms with E-state index in [0.717, 1.165) is 17.6 Å². The average molecular weight is 482 g/mol. The minimum Gasteiger partial charge on any atom is -1.00 e. The summed E-state index contributed by atoms with van der Waals surface area (Å²) in [5.41, 5.74) is 0. The zero-order valence-electron chi connectivity index (χ0n) is 19.5. The number of rotatable bonds is 19. The predicted octanol–water partition coefficient (Wildman–Crippen LogP) is 0.200. The Morgan fingerprint density at radius 3 is 1.43 bits per heavy atom. The molecule has 0 bridgehead atoms. The van der Waals surface area contributed by atoms with E-state index < -0.39 is 0 Å². The van der Waals surface area contributed by atoms with Gasteiger partial charge in [-0.25, -0.2) is 0 Å². The number of hydrogen-bond acceptors (Lipinski definition) is 0. The molecule has 0 aliphatic rings. The molecule has 0 saturated heterocycles. The van der Waals surface area contributed by atoms with Crippen molar-refractivity contribution in [2.24, 2.45) is 0 Å². The van der Waals surface area contributed by atoms with Crippen LogP contribution < -0.4 is 29.4 Å². The lowest BCUT2D eigenvalue weighted by atomic mass is 10.1. The quantitative estimate of drug-likeness (QED) is 0.140. The molecule has 0 aliphatic heterocycles. The molecule has 170 valence electrons. The second-order valence-corrected chi connectivity index (χ2v) is 9.20. The molecule has 0 aromatic carbocycles. The Labute approximate surface area is 194 Å². The highest BCUT2D eigenvalue weighted by atomic mass is 79.9. The van der Waals surface area contributed by atoms with Gasteiger partial charge in [0.05, 0.1) is 53.9 Å². The Morgan fingerprint density at radius 1 is 0.607 bits per heavy atom. The van der Waals surface area contributed by atoms with Crippen LogP contribution in [0.25, 0.3) is 0 Å². The molecule has 28 heavy (non-hydrogen) atoms. The number of hydrogen-bond donors (Lipinski definition) is 0. The van der Waals surface area contributed by atoms with Gasteiger partial charge in [0.25, 0.3) is 0 Å². The number of halogens is 2. The van der Waals surface area contributed by atoms with Crippen molar-refractivity contribution in [2.75, 3.05) is 53.9 Å². The van der Waals surface area contributed by atoms with Gasteiger partial charge in [-0.05, 0) is 25.0 Å². The van der Waals surface area contributed by atoms with Crippen molar-refractivity contribution in [1.29, 1.82) is 0 Å². The lowest BCUT2D eigenvalue weighted by Gasteiger charge is -2.35. The summed E-state index contributed by atoms with van der Waals surface area (Å²) in [5, 5.41) is 0. The zero-order valence-corrected chi connectivity index (χ0v) is 21.9. The molecule has 0 heterocycles. The molecule has 0 aromatic heterocycles. The van der Waals surface area contributed by atoms with Gasteiger partial charge in [0.1, 0.15) is 0 Å². The van der Waals surface area contributed by atoms with Crippen LogP contribution in [0.2, 0.25) is 0 Å². The van der Waals surface area contributed by atoms with E-state index in [1.807, 2.05) is 12.2 Å². The molecule has 0 spiro atoms. The monoisotopic (exact) mass is 480 g/mol. The summed E-state index contributed by atoms with van der Waals surface area (Å²) in [7, 11) is 7.13. The molecular formula is C24H50BrClN2. The lowest BCUT2D eigenvalue weighted by molar-refractivity contribution is -0.913. The van der Waals surface area contributed by atoms with Crippen LogP contribution in [-0.4, -0.2) is 62.8 Å². The van der Waals surface area contributed by atoms with Gasteiger partial charge >= 0.3 is 0 Å². The van der Waals surface area contributed by atoms with E-state index in [1.165, 1.54) is 94.7 Å². The highest BCUT2D eigenvalue weighted by molar-refractivity contribution is 4.71. The van der Waals surface area contributed by atoms with E-state index >= 15 is 0 Å². The molecule has 0 radical (unpaired) electrons. The molecule has 0 atom stereocenters. The molecule has 4 heteroatoms. The largest absolute Gasteiger partial charge is 1.00 e. The topological polar surface area (TPSA) is 0 Å². The average Bonchev–Trinajstić information content (AvgIpc) is 2.56. The maximum Gasteiger partial charge on any atom is 0.0971 e. The van der Waals surface area contributed by atoms with E-state index in [1.54, 1.807) is 0 Å². The summed E-state index contributed by atoms with van der Waals surface area (Å²) >= 11 is 0. The Kier molecular flexibility index (Phi) is 24.0. The van der Waals surface area contributed by atoms with Crippen molar-refractivity contribution in [1.82, 2.24) is 0 Å². The number of nitrogens with zero attached hydrogens (tertiary/aromatic N) is 2. The van der Waals surface area contributed by atoms with Gasteiger partial charge in [-0.3, -0.25) is 0 Å². The van der Waals surface area contributed by atoms with Gasteiger partial charge in [0.15, 0.2) is 0 Å². The molecule has 0 amide bonds. The summed E-state index contributed by atoms with van der Waals surface area (Å²) in [4.78, 5) is 0. The first-order chi connectivity index (χ1) is 12.4. The Hall–Kier alpha value is 0.170. The molecule has 0 rings (SSSR count). The van der Waals surface area contributed by atoms with E-state index in [9.17, 15) is 0 Å².